The zero-order valence-corrected chi connectivity index (χ0v) is 10.3. The average Bonchev–Trinajstić information content (AvgIpc) is 2.79. The molecule has 7 nitrogen and oxygen atoms in total. The fourth-order valence-corrected chi connectivity index (χ4v) is 2.01. The summed E-state index contributed by atoms with van der Waals surface area (Å²) in [6.45, 7) is 0. The van der Waals surface area contributed by atoms with Gasteiger partial charge in [0.1, 0.15) is 5.75 Å². The van der Waals surface area contributed by atoms with Crippen LogP contribution in [0.1, 0.15) is 11.6 Å². The maximum absolute atomic E-state index is 11.6. The molecular weight excluding hydrogens is 254 g/mol. The number of thioether (sulfide) groups is 1. The fraction of sp³-hybridized carbons (Fsp3) is 0.200. The van der Waals surface area contributed by atoms with E-state index in [2.05, 4.69) is 15.5 Å². The summed E-state index contributed by atoms with van der Waals surface area (Å²) in [7, 11) is 0. The Morgan fingerprint density at radius 1 is 1.44 bits per heavy atom. The largest absolute Gasteiger partial charge is 0.508 e. The number of primary amides is 1. The van der Waals surface area contributed by atoms with Crippen molar-refractivity contribution >= 4 is 17.7 Å². The molecule has 8 heteroatoms. The number of tetrazole rings is 1. The molecule has 0 fully saturated rings. The molecule has 0 saturated carbocycles. The van der Waals surface area contributed by atoms with E-state index in [1.807, 2.05) is 0 Å². The van der Waals surface area contributed by atoms with Gasteiger partial charge in [-0.3, -0.25) is 4.79 Å². The van der Waals surface area contributed by atoms with Crippen molar-refractivity contribution in [3.63, 3.8) is 0 Å². The second-order valence-corrected chi connectivity index (χ2v) is 4.28. The predicted octanol–water partition coefficient (Wildman–Crippen LogP) is 0.175. The highest BCUT2D eigenvalue weighted by molar-refractivity contribution is 7.98. The number of nitrogens with two attached hydrogens (primary N) is 1. The summed E-state index contributed by atoms with van der Waals surface area (Å²) >= 11 is 1.32. The van der Waals surface area contributed by atoms with E-state index in [0.717, 1.165) is 0 Å². The van der Waals surface area contributed by atoms with Crippen molar-refractivity contribution < 1.29 is 9.90 Å². The zero-order valence-electron chi connectivity index (χ0n) is 9.52. The lowest BCUT2D eigenvalue weighted by molar-refractivity contribution is -0.120. The summed E-state index contributed by atoms with van der Waals surface area (Å²) < 4.78 is 1.36. The van der Waals surface area contributed by atoms with E-state index in [9.17, 15) is 9.90 Å². The van der Waals surface area contributed by atoms with Gasteiger partial charge in [-0.15, -0.1) is 5.10 Å². The first-order valence-corrected chi connectivity index (χ1v) is 6.26. The van der Waals surface area contributed by atoms with Crippen LogP contribution in [0.15, 0.2) is 29.4 Å². The number of carbonyl (C=O) groups is 1. The number of rotatable bonds is 4. The maximum Gasteiger partial charge on any atom is 0.247 e. The average molecular weight is 265 g/mol. The topological polar surface area (TPSA) is 107 Å². The van der Waals surface area contributed by atoms with Crippen LogP contribution in [0.5, 0.6) is 5.75 Å². The summed E-state index contributed by atoms with van der Waals surface area (Å²) in [4.78, 5) is 11.6. The lowest BCUT2D eigenvalue weighted by Gasteiger charge is -2.14. The van der Waals surface area contributed by atoms with E-state index in [1.165, 1.54) is 28.6 Å². The minimum absolute atomic E-state index is 0.115. The standard InChI is InChI=1S/C10H11N5O2S/c1-18-10-12-13-14-15(10)8(9(11)17)6-2-4-7(16)5-3-6/h2-5,8,16H,1H3,(H2,11,17). The van der Waals surface area contributed by atoms with Gasteiger partial charge in [-0.2, -0.15) is 0 Å². The lowest BCUT2D eigenvalue weighted by atomic mass is 10.1. The molecule has 1 unspecified atom stereocenters. The van der Waals surface area contributed by atoms with E-state index in [-0.39, 0.29) is 5.75 Å². The molecule has 1 aromatic carbocycles. The van der Waals surface area contributed by atoms with Gasteiger partial charge in [-0.25, -0.2) is 4.68 Å². The number of hydrogen-bond donors (Lipinski definition) is 2. The minimum atomic E-state index is -0.789. The summed E-state index contributed by atoms with van der Waals surface area (Å²) in [6, 6.07) is 5.39. The van der Waals surface area contributed by atoms with E-state index < -0.39 is 11.9 Å². The molecule has 0 aliphatic heterocycles. The van der Waals surface area contributed by atoms with Crippen LogP contribution in [0.3, 0.4) is 0 Å². The van der Waals surface area contributed by atoms with Gasteiger partial charge in [0.2, 0.25) is 11.1 Å². The van der Waals surface area contributed by atoms with E-state index in [0.29, 0.717) is 10.7 Å². The van der Waals surface area contributed by atoms with Crippen LogP contribution in [0.4, 0.5) is 0 Å². The molecular formula is C10H11N5O2S. The third-order valence-corrected chi connectivity index (χ3v) is 3.00. The number of phenols is 1. The Balaban J connectivity index is 2.46. The number of hydrogen-bond acceptors (Lipinski definition) is 6. The van der Waals surface area contributed by atoms with Gasteiger partial charge < -0.3 is 10.8 Å². The highest BCUT2D eigenvalue weighted by atomic mass is 32.2. The molecule has 0 aliphatic carbocycles. The quantitative estimate of drug-likeness (QED) is 0.763. The second-order valence-electron chi connectivity index (χ2n) is 3.51. The van der Waals surface area contributed by atoms with Crippen LogP contribution < -0.4 is 5.73 Å². The molecule has 0 spiro atoms. The smallest absolute Gasteiger partial charge is 0.247 e. The minimum Gasteiger partial charge on any atom is -0.508 e. The van der Waals surface area contributed by atoms with Crippen molar-refractivity contribution in [3.05, 3.63) is 29.8 Å². The van der Waals surface area contributed by atoms with Crippen LogP contribution >= 0.6 is 11.8 Å². The van der Waals surface area contributed by atoms with Gasteiger partial charge in [-0.05, 0) is 34.4 Å². The SMILES string of the molecule is CSc1nnnn1C(C(N)=O)c1ccc(O)cc1. The van der Waals surface area contributed by atoms with Gasteiger partial charge in [-0.1, -0.05) is 23.9 Å². The molecule has 1 aromatic heterocycles. The molecule has 2 rings (SSSR count). The maximum atomic E-state index is 11.6. The van der Waals surface area contributed by atoms with Crippen LogP contribution in [0, 0.1) is 0 Å². The van der Waals surface area contributed by atoms with Crippen LogP contribution in [-0.2, 0) is 4.79 Å². The highest BCUT2D eigenvalue weighted by Gasteiger charge is 2.24. The Morgan fingerprint density at radius 2 is 2.11 bits per heavy atom. The van der Waals surface area contributed by atoms with Gasteiger partial charge in [0.15, 0.2) is 6.04 Å². The monoisotopic (exact) mass is 265 g/mol. The first-order chi connectivity index (χ1) is 8.63. The van der Waals surface area contributed by atoms with Crippen LogP contribution in [0.2, 0.25) is 0 Å². The van der Waals surface area contributed by atoms with Gasteiger partial charge in [0.25, 0.3) is 0 Å². The molecule has 18 heavy (non-hydrogen) atoms. The molecule has 2 aromatic rings. The molecule has 1 atom stereocenters. The predicted molar refractivity (Wildman–Crippen MR) is 65.0 cm³/mol. The second kappa shape index (κ2) is 5.05. The van der Waals surface area contributed by atoms with E-state index in [4.69, 9.17) is 5.73 Å². The summed E-state index contributed by atoms with van der Waals surface area (Å²) in [5.74, 6) is -0.452. The molecule has 0 aliphatic rings. The number of phenolic OH excluding ortho intramolecular Hbond substituents is 1. The Hall–Kier alpha value is -2.09. The Bertz CT molecular complexity index is 554. The van der Waals surface area contributed by atoms with Gasteiger partial charge >= 0.3 is 0 Å². The number of carbonyl (C=O) groups excluding carboxylic acids is 1. The number of aromatic nitrogens is 4. The van der Waals surface area contributed by atoms with Crippen molar-refractivity contribution in [2.45, 2.75) is 11.2 Å². The zero-order chi connectivity index (χ0) is 13.1. The Labute approximate surface area is 107 Å². The number of aromatic hydroxyl groups is 1. The van der Waals surface area contributed by atoms with Crippen LogP contribution in [0.25, 0.3) is 0 Å². The van der Waals surface area contributed by atoms with E-state index in [1.54, 1.807) is 18.4 Å². The number of nitrogens with zero attached hydrogens (tertiary/aromatic N) is 4. The Morgan fingerprint density at radius 3 is 2.67 bits per heavy atom. The first-order valence-electron chi connectivity index (χ1n) is 5.03. The van der Waals surface area contributed by atoms with Crippen LogP contribution in [-0.4, -0.2) is 37.5 Å². The van der Waals surface area contributed by atoms with Crippen molar-refractivity contribution in [2.24, 2.45) is 5.73 Å². The van der Waals surface area contributed by atoms with E-state index >= 15 is 0 Å². The summed E-state index contributed by atoms with van der Waals surface area (Å²) in [5.41, 5.74) is 6.01. The Kier molecular flexibility index (Phi) is 3.47. The van der Waals surface area contributed by atoms with Crippen molar-refractivity contribution in [2.75, 3.05) is 6.26 Å². The van der Waals surface area contributed by atoms with Gasteiger partial charge in [0.05, 0.1) is 0 Å². The fourth-order valence-electron chi connectivity index (χ4n) is 1.56. The highest BCUT2D eigenvalue weighted by Crippen LogP contribution is 2.23. The first kappa shape index (κ1) is 12.4. The molecule has 0 radical (unpaired) electrons. The summed E-state index contributed by atoms with van der Waals surface area (Å²) in [6.07, 6.45) is 1.80. The third kappa shape index (κ3) is 2.28. The number of benzene rings is 1. The molecule has 1 heterocycles. The van der Waals surface area contributed by atoms with Crippen molar-refractivity contribution in [1.82, 2.24) is 20.2 Å². The molecule has 94 valence electrons. The molecule has 0 bridgehead atoms. The molecule has 1 amide bonds. The van der Waals surface area contributed by atoms with Gasteiger partial charge in [0, 0.05) is 0 Å². The van der Waals surface area contributed by atoms with Crippen molar-refractivity contribution in [1.29, 1.82) is 0 Å². The molecule has 0 saturated heterocycles. The summed E-state index contributed by atoms with van der Waals surface area (Å²) in [5, 5.41) is 20.8. The normalized spacial score (nSPS) is 12.3. The number of amides is 1. The third-order valence-electron chi connectivity index (χ3n) is 2.37. The molecule has 3 N–H and O–H groups in total. The van der Waals surface area contributed by atoms with Crippen molar-refractivity contribution in [3.8, 4) is 5.75 Å². The lowest BCUT2D eigenvalue weighted by Crippen LogP contribution is -2.28.